The van der Waals surface area contributed by atoms with Gasteiger partial charge in [-0.2, -0.15) is 0 Å². The van der Waals surface area contributed by atoms with Gasteiger partial charge < -0.3 is 5.32 Å². The molecule has 0 spiro atoms. The van der Waals surface area contributed by atoms with E-state index in [1.165, 1.54) is 0 Å². The van der Waals surface area contributed by atoms with E-state index in [4.69, 9.17) is 6.42 Å². The smallest absolute Gasteiger partial charge is 0.249 e. The molecule has 1 aliphatic rings. The Kier molecular flexibility index (Phi) is 2.69. The molecular weight excluding hydrogens is 160 g/mol. The third kappa shape index (κ3) is 2.46. The topological polar surface area (TPSA) is 12.0 Å². The zero-order valence-electron chi connectivity index (χ0n) is 7.11. The maximum Gasteiger partial charge on any atom is 0.249 e. The van der Waals surface area contributed by atoms with Crippen LogP contribution in [0, 0.1) is 12.3 Å². The maximum absolute atomic E-state index is 12.7. The van der Waals surface area contributed by atoms with Gasteiger partial charge in [-0.1, -0.05) is 5.92 Å². The highest BCUT2D eigenvalue weighted by Crippen LogP contribution is 2.34. The lowest BCUT2D eigenvalue weighted by Gasteiger charge is -2.14. The van der Waals surface area contributed by atoms with Gasteiger partial charge in [0.05, 0.1) is 6.04 Å². The van der Waals surface area contributed by atoms with Crippen LogP contribution >= 0.6 is 0 Å². The molecule has 0 aromatic carbocycles. The average molecular weight is 173 g/mol. The van der Waals surface area contributed by atoms with Crippen molar-refractivity contribution in [3.05, 3.63) is 0 Å². The van der Waals surface area contributed by atoms with Crippen molar-refractivity contribution in [1.82, 2.24) is 5.32 Å². The molecule has 0 aromatic heterocycles. The van der Waals surface area contributed by atoms with Crippen LogP contribution in [0.5, 0.6) is 0 Å². The van der Waals surface area contributed by atoms with Crippen molar-refractivity contribution in [1.29, 1.82) is 0 Å². The molecule has 2 unspecified atom stereocenters. The van der Waals surface area contributed by atoms with E-state index in [-0.39, 0.29) is 24.9 Å². The van der Waals surface area contributed by atoms with Crippen molar-refractivity contribution in [2.24, 2.45) is 0 Å². The molecule has 0 radical (unpaired) electrons. The number of terminal acetylenes is 1. The summed E-state index contributed by atoms with van der Waals surface area (Å²) in [4.78, 5) is 0. The van der Waals surface area contributed by atoms with Gasteiger partial charge in [-0.15, -0.1) is 6.42 Å². The fourth-order valence-electron chi connectivity index (χ4n) is 1.49. The first-order valence-electron chi connectivity index (χ1n) is 4.13. The molecule has 0 heterocycles. The Hall–Kier alpha value is -0.620. The third-order valence-corrected chi connectivity index (χ3v) is 2.14. The van der Waals surface area contributed by atoms with Gasteiger partial charge in [0.25, 0.3) is 0 Å². The van der Waals surface area contributed by atoms with E-state index in [0.717, 1.165) is 0 Å². The lowest BCUT2D eigenvalue weighted by atomic mass is 10.2. The largest absolute Gasteiger partial charge is 0.301 e. The monoisotopic (exact) mass is 173 g/mol. The van der Waals surface area contributed by atoms with Crippen LogP contribution in [0.3, 0.4) is 0 Å². The van der Waals surface area contributed by atoms with Crippen molar-refractivity contribution in [2.75, 3.05) is 0 Å². The van der Waals surface area contributed by atoms with Crippen molar-refractivity contribution < 1.29 is 8.78 Å². The van der Waals surface area contributed by atoms with E-state index in [9.17, 15) is 8.78 Å². The molecule has 1 nitrogen and oxygen atoms in total. The first kappa shape index (κ1) is 9.47. The number of hydrogen-bond donors (Lipinski definition) is 1. The van der Waals surface area contributed by atoms with Gasteiger partial charge in [-0.3, -0.25) is 0 Å². The number of nitrogens with one attached hydrogen (secondary N) is 1. The van der Waals surface area contributed by atoms with Gasteiger partial charge in [0.1, 0.15) is 0 Å². The van der Waals surface area contributed by atoms with Crippen LogP contribution in [0.1, 0.15) is 26.2 Å². The molecule has 1 aliphatic carbocycles. The highest BCUT2D eigenvalue weighted by Gasteiger charge is 2.39. The number of rotatable bonds is 2. The van der Waals surface area contributed by atoms with Crippen LogP contribution in [0.2, 0.25) is 0 Å². The predicted octanol–water partition coefficient (Wildman–Crippen LogP) is 1.79. The Morgan fingerprint density at radius 1 is 1.67 bits per heavy atom. The van der Waals surface area contributed by atoms with Crippen molar-refractivity contribution in [3.63, 3.8) is 0 Å². The molecule has 12 heavy (non-hydrogen) atoms. The highest BCUT2D eigenvalue weighted by molar-refractivity contribution is 4.99. The van der Waals surface area contributed by atoms with E-state index in [2.05, 4.69) is 11.2 Å². The van der Waals surface area contributed by atoms with Gasteiger partial charge >= 0.3 is 0 Å². The Balaban J connectivity index is 2.34. The molecule has 2 atom stereocenters. The van der Waals surface area contributed by atoms with E-state index in [1.54, 1.807) is 6.92 Å². The Bertz CT molecular complexity index is 195. The van der Waals surface area contributed by atoms with Crippen LogP contribution in [0.15, 0.2) is 0 Å². The molecule has 0 bridgehead atoms. The Morgan fingerprint density at radius 3 is 2.75 bits per heavy atom. The first-order chi connectivity index (χ1) is 5.53. The lowest BCUT2D eigenvalue weighted by Crippen LogP contribution is -2.34. The predicted molar refractivity (Wildman–Crippen MR) is 44.0 cm³/mol. The summed E-state index contributed by atoms with van der Waals surface area (Å²) in [7, 11) is 0. The Morgan fingerprint density at radius 2 is 2.33 bits per heavy atom. The fourth-order valence-corrected chi connectivity index (χ4v) is 1.49. The van der Waals surface area contributed by atoms with Gasteiger partial charge in [-0.05, 0) is 13.3 Å². The fraction of sp³-hybridized carbons (Fsp3) is 0.778. The summed E-state index contributed by atoms with van der Waals surface area (Å²) in [5, 5.41) is 2.97. The van der Waals surface area contributed by atoms with E-state index in [1.807, 2.05) is 0 Å². The standard InChI is InChI=1S/C9H13F2N/c1-3-7(2)12-8-4-5-9(10,11)6-8/h1,7-8,12H,4-6H2,2H3. The average Bonchev–Trinajstić information content (AvgIpc) is 2.30. The summed E-state index contributed by atoms with van der Waals surface area (Å²) in [5.41, 5.74) is 0. The van der Waals surface area contributed by atoms with Crippen LogP contribution in [0.25, 0.3) is 0 Å². The van der Waals surface area contributed by atoms with Crippen LogP contribution < -0.4 is 5.32 Å². The van der Waals surface area contributed by atoms with Crippen molar-refractivity contribution in [3.8, 4) is 12.3 Å². The van der Waals surface area contributed by atoms with Crippen molar-refractivity contribution in [2.45, 2.75) is 44.2 Å². The summed E-state index contributed by atoms with van der Waals surface area (Å²) >= 11 is 0. The van der Waals surface area contributed by atoms with Crippen molar-refractivity contribution >= 4 is 0 Å². The molecule has 68 valence electrons. The van der Waals surface area contributed by atoms with Gasteiger partial charge in [0.2, 0.25) is 5.92 Å². The molecule has 0 saturated heterocycles. The second kappa shape index (κ2) is 3.40. The van der Waals surface area contributed by atoms with E-state index < -0.39 is 5.92 Å². The summed E-state index contributed by atoms with van der Waals surface area (Å²) < 4.78 is 25.3. The first-order valence-corrected chi connectivity index (χ1v) is 4.13. The van der Waals surface area contributed by atoms with Gasteiger partial charge in [0.15, 0.2) is 0 Å². The zero-order valence-corrected chi connectivity index (χ0v) is 7.11. The second-order valence-corrected chi connectivity index (χ2v) is 3.35. The molecule has 1 fully saturated rings. The minimum Gasteiger partial charge on any atom is -0.301 e. The summed E-state index contributed by atoms with van der Waals surface area (Å²) in [5.74, 6) is -0.0170. The Labute approximate surface area is 71.5 Å². The van der Waals surface area contributed by atoms with E-state index in [0.29, 0.717) is 6.42 Å². The van der Waals surface area contributed by atoms with Crippen LogP contribution in [-0.2, 0) is 0 Å². The molecule has 3 heteroatoms. The number of halogens is 2. The third-order valence-electron chi connectivity index (χ3n) is 2.14. The second-order valence-electron chi connectivity index (χ2n) is 3.35. The molecule has 0 aliphatic heterocycles. The normalized spacial score (nSPS) is 29.7. The number of hydrogen-bond acceptors (Lipinski definition) is 1. The molecule has 0 amide bonds. The summed E-state index contributed by atoms with van der Waals surface area (Å²) in [6.45, 7) is 1.80. The lowest BCUT2D eigenvalue weighted by molar-refractivity contribution is 0.00683. The SMILES string of the molecule is C#CC(C)NC1CCC(F)(F)C1. The van der Waals surface area contributed by atoms with Gasteiger partial charge in [0, 0.05) is 18.9 Å². The van der Waals surface area contributed by atoms with E-state index >= 15 is 0 Å². The van der Waals surface area contributed by atoms with Crippen LogP contribution in [-0.4, -0.2) is 18.0 Å². The highest BCUT2D eigenvalue weighted by atomic mass is 19.3. The minimum atomic E-state index is -2.48. The molecule has 1 saturated carbocycles. The molecular formula is C9H13F2N. The summed E-state index contributed by atoms with van der Waals surface area (Å²) in [6, 6.07) is -0.213. The van der Waals surface area contributed by atoms with Crippen LogP contribution in [0.4, 0.5) is 8.78 Å². The quantitative estimate of drug-likeness (QED) is 0.628. The number of alkyl halides is 2. The maximum atomic E-state index is 12.7. The molecule has 1 rings (SSSR count). The van der Waals surface area contributed by atoms with Gasteiger partial charge in [-0.25, -0.2) is 8.78 Å². The molecule has 0 aromatic rings. The zero-order chi connectivity index (χ0) is 9.19. The summed E-state index contributed by atoms with van der Waals surface area (Å²) in [6.07, 6.45) is 5.56. The minimum absolute atomic E-state index is 0.0119. The molecule has 1 N–H and O–H groups in total.